The lowest BCUT2D eigenvalue weighted by atomic mass is 10.3. The quantitative estimate of drug-likeness (QED) is 0.574. The number of rotatable bonds is 3. The van der Waals surface area contributed by atoms with Gasteiger partial charge in [-0.3, -0.25) is 4.79 Å². The molecule has 5 nitrogen and oxygen atoms in total. The zero-order valence-corrected chi connectivity index (χ0v) is 12.9. The lowest BCUT2D eigenvalue weighted by Crippen LogP contribution is -2.27. The van der Waals surface area contributed by atoms with Crippen molar-refractivity contribution in [3.63, 3.8) is 0 Å². The monoisotopic (exact) mass is 399 g/mol. The van der Waals surface area contributed by atoms with Crippen LogP contribution in [-0.2, 0) is 15.0 Å². The van der Waals surface area contributed by atoms with Crippen molar-refractivity contribution in [2.45, 2.75) is 11.7 Å². The Morgan fingerprint density at radius 1 is 1.47 bits per heavy atom. The lowest BCUT2D eigenvalue weighted by molar-refractivity contribution is -0.117. The van der Waals surface area contributed by atoms with E-state index in [0.29, 0.717) is 11.4 Å². The van der Waals surface area contributed by atoms with E-state index in [1.165, 1.54) is 12.0 Å². The van der Waals surface area contributed by atoms with Gasteiger partial charge in [-0.05, 0) is 34.7 Å². The first-order valence-corrected chi connectivity index (χ1v) is 7.93. The maximum atomic E-state index is 13.0. The molecule has 1 saturated heterocycles. The molecule has 1 fully saturated rings. The number of carbonyl (C=O) groups excluding carboxylic acids is 1. The van der Waals surface area contributed by atoms with Gasteiger partial charge in [-0.25, -0.2) is 0 Å². The summed E-state index contributed by atoms with van der Waals surface area (Å²) in [4.78, 5) is 13.1. The molecule has 2 rings (SSSR count). The molecule has 1 heterocycles. The summed E-state index contributed by atoms with van der Waals surface area (Å²) in [5.41, 5.74) is 0.538. The maximum Gasteiger partial charge on any atom is 0.307 e. The Kier molecular flexibility index (Phi) is 4.00. The predicted molar refractivity (Wildman–Crippen MR) is 76.5 cm³/mol. The first-order valence-electron chi connectivity index (χ1n) is 5.40. The van der Waals surface area contributed by atoms with Gasteiger partial charge < -0.3 is 9.64 Å². The minimum absolute atomic E-state index is 0.166. The summed E-state index contributed by atoms with van der Waals surface area (Å²) < 4.78 is 40.6. The van der Waals surface area contributed by atoms with Crippen LogP contribution in [0.2, 0.25) is 0 Å². The average molecular weight is 399 g/mol. The molecule has 1 aromatic rings. The SMILES string of the molecule is COc1ccc(I)c(N2CC(S(=O)(=O)F)CC2=O)c1. The molecule has 0 bridgehead atoms. The van der Waals surface area contributed by atoms with Crippen LogP contribution in [0.3, 0.4) is 0 Å². The van der Waals surface area contributed by atoms with Gasteiger partial charge in [0.05, 0.1) is 12.8 Å². The molecule has 1 aromatic carbocycles. The van der Waals surface area contributed by atoms with Crippen molar-refractivity contribution < 1.29 is 21.8 Å². The fourth-order valence-electron chi connectivity index (χ4n) is 1.92. The normalized spacial score (nSPS) is 19.8. The topological polar surface area (TPSA) is 63.7 Å². The van der Waals surface area contributed by atoms with Gasteiger partial charge in [0.2, 0.25) is 5.91 Å². The van der Waals surface area contributed by atoms with Crippen molar-refractivity contribution in [1.82, 2.24) is 0 Å². The van der Waals surface area contributed by atoms with E-state index in [2.05, 4.69) is 0 Å². The minimum atomic E-state index is -4.70. The lowest BCUT2D eigenvalue weighted by Gasteiger charge is -2.18. The van der Waals surface area contributed by atoms with Crippen molar-refractivity contribution in [3.05, 3.63) is 21.8 Å². The van der Waals surface area contributed by atoms with Gasteiger partial charge >= 0.3 is 10.2 Å². The number of hydrogen-bond donors (Lipinski definition) is 0. The van der Waals surface area contributed by atoms with Gasteiger partial charge in [-0.15, -0.1) is 3.89 Å². The van der Waals surface area contributed by atoms with Crippen molar-refractivity contribution >= 4 is 44.4 Å². The zero-order chi connectivity index (χ0) is 14.2. The van der Waals surface area contributed by atoms with Crippen LogP contribution in [0, 0.1) is 3.57 Å². The molecular weight excluding hydrogens is 388 g/mol. The number of benzene rings is 1. The molecule has 0 radical (unpaired) electrons. The van der Waals surface area contributed by atoms with Crippen LogP contribution in [0.5, 0.6) is 5.75 Å². The van der Waals surface area contributed by atoms with Crippen LogP contribution >= 0.6 is 22.6 Å². The summed E-state index contributed by atoms with van der Waals surface area (Å²) in [6, 6.07) is 5.11. The fraction of sp³-hybridized carbons (Fsp3) is 0.364. The summed E-state index contributed by atoms with van der Waals surface area (Å²) in [6.45, 7) is -0.166. The Hall–Kier alpha value is -0.900. The number of halogens is 2. The molecule has 104 valence electrons. The summed E-state index contributed by atoms with van der Waals surface area (Å²) in [5.74, 6) is 0.146. The molecule has 1 amide bonds. The molecule has 19 heavy (non-hydrogen) atoms. The van der Waals surface area contributed by atoms with Gasteiger partial charge in [-0.1, -0.05) is 0 Å². The second-order valence-electron chi connectivity index (χ2n) is 4.12. The third-order valence-electron chi connectivity index (χ3n) is 2.93. The highest BCUT2D eigenvalue weighted by Crippen LogP contribution is 2.32. The van der Waals surface area contributed by atoms with E-state index in [1.807, 2.05) is 22.6 Å². The van der Waals surface area contributed by atoms with Gasteiger partial charge in [-0.2, -0.15) is 8.42 Å². The van der Waals surface area contributed by atoms with Gasteiger partial charge in [0.1, 0.15) is 11.0 Å². The number of nitrogens with zero attached hydrogens (tertiary/aromatic N) is 1. The second kappa shape index (κ2) is 5.23. The summed E-state index contributed by atoms with van der Waals surface area (Å²) in [5, 5.41) is -1.29. The van der Waals surface area contributed by atoms with Crippen molar-refractivity contribution in [3.8, 4) is 5.75 Å². The molecule has 0 saturated carbocycles. The largest absolute Gasteiger partial charge is 0.497 e. The number of anilines is 1. The first-order chi connectivity index (χ1) is 8.82. The number of methoxy groups -OCH3 is 1. The van der Waals surface area contributed by atoms with Gasteiger partial charge in [0.15, 0.2) is 0 Å². The van der Waals surface area contributed by atoms with E-state index >= 15 is 0 Å². The Morgan fingerprint density at radius 3 is 2.68 bits per heavy atom. The van der Waals surface area contributed by atoms with Crippen LogP contribution in [0.15, 0.2) is 18.2 Å². The molecule has 0 N–H and O–H groups in total. The maximum absolute atomic E-state index is 13.0. The van der Waals surface area contributed by atoms with Crippen molar-refractivity contribution in [1.29, 1.82) is 0 Å². The van der Waals surface area contributed by atoms with Crippen molar-refractivity contribution in [2.75, 3.05) is 18.6 Å². The molecular formula is C11H11FINO4S. The standard InChI is InChI=1S/C11H11FINO4S/c1-18-7-2-3-9(13)10(4-7)14-6-8(5-11(14)15)19(12,16)17/h2-4,8H,5-6H2,1H3. The van der Waals surface area contributed by atoms with Crippen LogP contribution in [0.4, 0.5) is 9.57 Å². The Bertz CT molecular complexity index is 619. The van der Waals surface area contributed by atoms with Crippen LogP contribution in [0.25, 0.3) is 0 Å². The van der Waals surface area contributed by atoms with E-state index in [1.54, 1.807) is 18.2 Å². The molecule has 1 aliphatic rings. The van der Waals surface area contributed by atoms with Crippen molar-refractivity contribution in [2.24, 2.45) is 0 Å². The number of carbonyl (C=O) groups is 1. The highest BCUT2D eigenvalue weighted by atomic mass is 127. The fourth-order valence-corrected chi connectivity index (χ4v) is 3.22. The minimum Gasteiger partial charge on any atom is -0.497 e. The molecule has 1 unspecified atom stereocenters. The van der Waals surface area contributed by atoms with Gasteiger partial charge in [0, 0.05) is 22.6 Å². The zero-order valence-electron chi connectivity index (χ0n) is 9.97. The van der Waals surface area contributed by atoms with Crippen LogP contribution in [-0.4, -0.2) is 33.2 Å². The molecule has 1 aliphatic heterocycles. The predicted octanol–water partition coefficient (Wildman–Crippen LogP) is 1.70. The third kappa shape index (κ3) is 2.99. The summed E-state index contributed by atoms with van der Waals surface area (Å²) in [6.07, 6.45) is -0.327. The smallest absolute Gasteiger partial charge is 0.307 e. The summed E-state index contributed by atoms with van der Waals surface area (Å²) >= 11 is 2.03. The number of hydrogen-bond acceptors (Lipinski definition) is 4. The molecule has 0 aromatic heterocycles. The molecule has 0 spiro atoms. The molecule has 0 aliphatic carbocycles. The Balaban J connectivity index is 2.35. The second-order valence-corrected chi connectivity index (χ2v) is 6.90. The van der Waals surface area contributed by atoms with E-state index in [-0.39, 0.29) is 13.0 Å². The average Bonchev–Trinajstić information content (AvgIpc) is 2.72. The Labute approximate surface area is 124 Å². The van der Waals surface area contributed by atoms with Gasteiger partial charge in [0.25, 0.3) is 0 Å². The highest BCUT2D eigenvalue weighted by molar-refractivity contribution is 14.1. The third-order valence-corrected chi connectivity index (χ3v) is 4.96. The number of ether oxygens (including phenoxy) is 1. The highest BCUT2D eigenvalue weighted by Gasteiger charge is 2.39. The first kappa shape index (κ1) is 14.5. The number of amides is 1. The van der Waals surface area contributed by atoms with Crippen LogP contribution < -0.4 is 9.64 Å². The molecule has 1 atom stereocenters. The molecule has 8 heteroatoms. The van der Waals surface area contributed by atoms with E-state index in [4.69, 9.17) is 4.74 Å². The Morgan fingerprint density at radius 2 is 2.16 bits per heavy atom. The van der Waals surface area contributed by atoms with E-state index < -0.39 is 21.4 Å². The van der Waals surface area contributed by atoms with E-state index in [0.717, 1.165) is 3.57 Å². The van der Waals surface area contributed by atoms with E-state index in [9.17, 15) is 17.1 Å². The summed E-state index contributed by atoms with van der Waals surface area (Å²) in [7, 11) is -3.21. The van der Waals surface area contributed by atoms with Crippen LogP contribution in [0.1, 0.15) is 6.42 Å².